The molecule has 0 N–H and O–H groups in total. The van der Waals surface area contributed by atoms with Gasteiger partial charge in [0, 0.05) is 12.8 Å². The Kier molecular flexibility index (Phi) is 5.40. The highest BCUT2D eigenvalue weighted by Gasteiger charge is 2.24. The Labute approximate surface area is 105 Å². The lowest BCUT2D eigenvalue weighted by Crippen LogP contribution is -2.20. The van der Waals surface area contributed by atoms with Crippen molar-refractivity contribution in [2.24, 2.45) is 5.41 Å². The molecule has 1 rings (SSSR count). The molecule has 0 heterocycles. The Morgan fingerprint density at radius 1 is 1.18 bits per heavy atom. The maximum Gasteiger partial charge on any atom is 0.133 e. The number of carbonyl (C=O) groups is 1. The van der Waals surface area contributed by atoms with E-state index in [9.17, 15) is 4.79 Å². The molecule has 1 aromatic rings. The van der Waals surface area contributed by atoms with E-state index >= 15 is 0 Å². The second-order valence-electron chi connectivity index (χ2n) is 5.22. The highest BCUT2D eigenvalue weighted by atomic mass is 16.1. The fraction of sp³-hybridized carbons (Fsp3) is 0.562. The van der Waals surface area contributed by atoms with Gasteiger partial charge in [0.2, 0.25) is 0 Å². The van der Waals surface area contributed by atoms with Crippen LogP contribution in [0.2, 0.25) is 0 Å². The quantitative estimate of drug-likeness (QED) is 0.680. The first kappa shape index (κ1) is 14.0. The van der Waals surface area contributed by atoms with Crippen LogP contribution in [0.3, 0.4) is 0 Å². The normalized spacial score (nSPS) is 14.3. The number of aryl methyl sites for hydroxylation is 1. The van der Waals surface area contributed by atoms with Gasteiger partial charge in [-0.25, -0.2) is 0 Å². The zero-order valence-corrected chi connectivity index (χ0v) is 11.3. The van der Waals surface area contributed by atoms with Crippen molar-refractivity contribution in [1.82, 2.24) is 0 Å². The monoisotopic (exact) mass is 232 g/mol. The van der Waals surface area contributed by atoms with Crippen LogP contribution in [0.5, 0.6) is 0 Å². The van der Waals surface area contributed by atoms with Crippen molar-refractivity contribution in [2.45, 2.75) is 52.9 Å². The maximum absolute atomic E-state index is 11.6. The summed E-state index contributed by atoms with van der Waals surface area (Å²) in [6.07, 6.45) is 4.64. The van der Waals surface area contributed by atoms with Gasteiger partial charge < -0.3 is 0 Å². The zero-order chi connectivity index (χ0) is 12.7. The minimum Gasteiger partial charge on any atom is -0.300 e. The van der Waals surface area contributed by atoms with Crippen LogP contribution in [-0.2, 0) is 11.2 Å². The third-order valence-electron chi connectivity index (χ3n) is 3.73. The first-order chi connectivity index (χ1) is 8.09. The van der Waals surface area contributed by atoms with Crippen molar-refractivity contribution in [1.29, 1.82) is 0 Å². The average Bonchev–Trinajstić information content (AvgIpc) is 2.37. The molecule has 94 valence electrons. The van der Waals surface area contributed by atoms with Crippen LogP contribution in [0, 0.1) is 5.41 Å². The third-order valence-corrected chi connectivity index (χ3v) is 3.73. The minimum atomic E-state index is 0.170. The first-order valence-electron chi connectivity index (χ1n) is 6.65. The van der Waals surface area contributed by atoms with E-state index in [1.165, 1.54) is 5.56 Å². The van der Waals surface area contributed by atoms with E-state index < -0.39 is 0 Å². The van der Waals surface area contributed by atoms with Crippen molar-refractivity contribution in [2.75, 3.05) is 0 Å². The molecule has 1 atom stereocenters. The fourth-order valence-corrected chi connectivity index (χ4v) is 2.08. The molecular formula is C16H24O. The molecule has 1 heteroatoms. The van der Waals surface area contributed by atoms with Gasteiger partial charge >= 0.3 is 0 Å². The Balaban J connectivity index is 2.54. The first-order valence-corrected chi connectivity index (χ1v) is 6.65. The predicted molar refractivity (Wildman–Crippen MR) is 73.1 cm³/mol. The molecule has 0 amide bonds. The second-order valence-corrected chi connectivity index (χ2v) is 5.22. The summed E-state index contributed by atoms with van der Waals surface area (Å²) in [7, 11) is 0. The van der Waals surface area contributed by atoms with Crippen LogP contribution in [0.4, 0.5) is 0 Å². The summed E-state index contributed by atoms with van der Waals surface area (Å²) in [5.41, 5.74) is 1.54. The largest absolute Gasteiger partial charge is 0.300 e. The van der Waals surface area contributed by atoms with Gasteiger partial charge in [0.25, 0.3) is 0 Å². The van der Waals surface area contributed by atoms with Gasteiger partial charge in [0.05, 0.1) is 0 Å². The van der Waals surface area contributed by atoms with Crippen molar-refractivity contribution < 1.29 is 4.79 Å². The predicted octanol–water partition coefficient (Wildman–Crippen LogP) is 4.40. The summed E-state index contributed by atoms with van der Waals surface area (Å²) < 4.78 is 0. The number of ketones is 1. The van der Waals surface area contributed by atoms with Crippen LogP contribution in [0.15, 0.2) is 30.3 Å². The Morgan fingerprint density at radius 2 is 1.82 bits per heavy atom. The highest BCUT2D eigenvalue weighted by molar-refractivity contribution is 5.78. The van der Waals surface area contributed by atoms with E-state index in [0.717, 1.165) is 25.7 Å². The van der Waals surface area contributed by atoms with Gasteiger partial charge in [-0.2, -0.15) is 0 Å². The molecule has 0 radical (unpaired) electrons. The molecule has 0 spiro atoms. The number of hydrogen-bond donors (Lipinski definition) is 0. The van der Waals surface area contributed by atoms with E-state index in [1.807, 2.05) is 13.0 Å². The second kappa shape index (κ2) is 6.58. The van der Waals surface area contributed by atoms with Crippen LogP contribution in [0.1, 0.15) is 52.0 Å². The van der Waals surface area contributed by atoms with Gasteiger partial charge in [-0.15, -0.1) is 0 Å². The molecule has 17 heavy (non-hydrogen) atoms. The molecule has 0 aliphatic heterocycles. The lowest BCUT2D eigenvalue weighted by molar-refractivity contribution is -0.121. The summed E-state index contributed by atoms with van der Waals surface area (Å²) in [6.45, 7) is 6.38. The molecule has 0 fully saturated rings. The van der Waals surface area contributed by atoms with Crippen LogP contribution < -0.4 is 0 Å². The number of hydrogen-bond acceptors (Lipinski definition) is 1. The number of benzene rings is 1. The van der Waals surface area contributed by atoms with E-state index in [4.69, 9.17) is 0 Å². The summed E-state index contributed by atoms with van der Waals surface area (Å²) in [4.78, 5) is 11.6. The van der Waals surface area contributed by atoms with E-state index in [1.54, 1.807) is 0 Å². The SMILES string of the molecule is CCC(=O)C[C@](C)(CC)CCc1ccccc1. The molecule has 1 aromatic carbocycles. The van der Waals surface area contributed by atoms with Gasteiger partial charge in [0.15, 0.2) is 0 Å². The zero-order valence-electron chi connectivity index (χ0n) is 11.3. The molecule has 0 bridgehead atoms. The number of carbonyl (C=O) groups excluding carboxylic acids is 1. The van der Waals surface area contributed by atoms with Crippen molar-refractivity contribution in [3.63, 3.8) is 0 Å². The van der Waals surface area contributed by atoms with Gasteiger partial charge in [-0.1, -0.05) is 57.5 Å². The third kappa shape index (κ3) is 4.72. The maximum atomic E-state index is 11.6. The van der Waals surface area contributed by atoms with Crippen molar-refractivity contribution in [3.8, 4) is 0 Å². The molecule has 0 aliphatic rings. The Hall–Kier alpha value is -1.11. The molecule has 0 saturated carbocycles. The highest BCUT2D eigenvalue weighted by Crippen LogP contribution is 2.32. The molecular weight excluding hydrogens is 208 g/mol. The standard InChI is InChI=1S/C16H24O/c1-4-15(17)13-16(3,5-2)12-11-14-9-7-6-8-10-14/h6-10H,4-5,11-13H2,1-3H3/t16-/m1/s1. The summed E-state index contributed by atoms with van der Waals surface area (Å²) in [6, 6.07) is 10.5. The number of rotatable bonds is 7. The van der Waals surface area contributed by atoms with Gasteiger partial charge in [0.1, 0.15) is 5.78 Å². The van der Waals surface area contributed by atoms with Gasteiger partial charge in [-0.3, -0.25) is 4.79 Å². The van der Waals surface area contributed by atoms with E-state index in [0.29, 0.717) is 12.2 Å². The van der Waals surface area contributed by atoms with E-state index in [2.05, 4.69) is 38.1 Å². The molecule has 0 aliphatic carbocycles. The lowest BCUT2D eigenvalue weighted by atomic mass is 9.77. The van der Waals surface area contributed by atoms with Crippen LogP contribution >= 0.6 is 0 Å². The van der Waals surface area contributed by atoms with Gasteiger partial charge in [-0.05, 0) is 23.8 Å². The summed E-state index contributed by atoms with van der Waals surface area (Å²) in [5.74, 6) is 0.391. The van der Waals surface area contributed by atoms with Crippen LogP contribution in [0.25, 0.3) is 0 Å². The van der Waals surface area contributed by atoms with E-state index in [-0.39, 0.29) is 5.41 Å². The van der Waals surface area contributed by atoms with Crippen molar-refractivity contribution >= 4 is 5.78 Å². The topological polar surface area (TPSA) is 17.1 Å². The molecule has 1 nitrogen and oxygen atoms in total. The Morgan fingerprint density at radius 3 is 2.35 bits per heavy atom. The molecule has 0 aromatic heterocycles. The summed E-state index contributed by atoms with van der Waals surface area (Å²) >= 11 is 0. The fourth-order valence-electron chi connectivity index (χ4n) is 2.08. The average molecular weight is 232 g/mol. The van der Waals surface area contributed by atoms with Crippen LogP contribution in [-0.4, -0.2) is 5.78 Å². The molecule has 0 saturated heterocycles. The lowest BCUT2D eigenvalue weighted by Gasteiger charge is -2.27. The minimum absolute atomic E-state index is 0.170. The van der Waals surface area contributed by atoms with Crippen molar-refractivity contribution in [3.05, 3.63) is 35.9 Å². The Bertz CT molecular complexity index is 342. The molecule has 0 unspecified atom stereocenters. The summed E-state index contributed by atoms with van der Waals surface area (Å²) in [5, 5.41) is 0. The number of Topliss-reactive ketones (excluding diaryl/α,β-unsaturated/α-hetero) is 1. The smallest absolute Gasteiger partial charge is 0.133 e.